The third-order valence-corrected chi connectivity index (χ3v) is 6.14. The fourth-order valence-corrected chi connectivity index (χ4v) is 4.73. The molecular weight excluding hydrogens is 444 g/mol. The van der Waals surface area contributed by atoms with E-state index in [0.29, 0.717) is 16.8 Å². The van der Waals surface area contributed by atoms with Crippen molar-refractivity contribution in [2.75, 3.05) is 11.9 Å². The molecule has 1 aliphatic heterocycles. The zero-order chi connectivity index (χ0) is 20.9. The van der Waals surface area contributed by atoms with Crippen molar-refractivity contribution in [1.29, 1.82) is 0 Å². The van der Waals surface area contributed by atoms with E-state index in [9.17, 15) is 24.8 Å². The molecule has 1 aliphatic carbocycles. The van der Waals surface area contributed by atoms with Crippen LogP contribution in [0.25, 0.3) is 0 Å². The number of benzene rings is 2. The van der Waals surface area contributed by atoms with Crippen LogP contribution in [0.5, 0.6) is 0 Å². The first-order valence-corrected chi connectivity index (χ1v) is 9.82. The Bertz CT molecular complexity index is 1020. The third-order valence-electron chi connectivity index (χ3n) is 5.64. The molecule has 2 aliphatic rings. The van der Waals surface area contributed by atoms with Crippen LogP contribution >= 0.6 is 15.9 Å². The first-order chi connectivity index (χ1) is 13.8. The van der Waals surface area contributed by atoms with E-state index in [1.54, 1.807) is 25.1 Å². The van der Waals surface area contributed by atoms with Gasteiger partial charge in [-0.1, -0.05) is 15.9 Å². The van der Waals surface area contributed by atoms with Gasteiger partial charge in [0.1, 0.15) is 0 Å². The SMILES string of the molecule is CCOC(=O)[C@H]1[C@H](C(O)c2ccc([N+](=O)[O-])cc2)C12C(=O)Nc1ccc(Br)cc12. The molecule has 1 saturated carbocycles. The topological polar surface area (TPSA) is 119 Å². The Morgan fingerprint density at radius 1 is 1.34 bits per heavy atom. The maximum absolute atomic E-state index is 13.0. The number of hydrogen-bond donors (Lipinski definition) is 2. The second-order valence-electron chi connectivity index (χ2n) is 7.06. The van der Waals surface area contributed by atoms with E-state index in [-0.39, 0.29) is 18.2 Å². The number of halogens is 1. The third kappa shape index (κ3) is 2.84. The van der Waals surface area contributed by atoms with Crippen molar-refractivity contribution in [3.63, 3.8) is 0 Å². The van der Waals surface area contributed by atoms with Crippen LogP contribution in [0, 0.1) is 22.0 Å². The predicted molar refractivity (Wildman–Crippen MR) is 106 cm³/mol. The molecule has 1 amide bonds. The monoisotopic (exact) mass is 460 g/mol. The van der Waals surface area contributed by atoms with Crippen molar-refractivity contribution in [3.8, 4) is 0 Å². The smallest absolute Gasteiger partial charge is 0.310 e. The molecule has 0 saturated heterocycles. The molecule has 1 spiro atoms. The minimum absolute atomic E-state index is 0.110. The van der Waals surface area contributed by atoms with Gasteiger partial charge < -0.3 is 15.2 Å². The number of non-ortho nitro benzene ring substituents is 1. The van der Waals surface area contributed by atoms with Crippen LogP contribution in [-0.2, 0) is 19.7 Å². The largest absolute Gasteiger partial charge is 0.466 e. The molecule has 1 fully saturated rings. The van der Waals surface area contributed by atoms with Gasteiger partial charge in [0.2, 0.25) is 5.91 Å². The van der Waals surface area contributed by atoms with Crippen molar-refractivity contribution in [1.82, 2.24) is 0 Å². The molecule has 0 radical (unpaired) electrons. The summed E-state index contributed by atoms with van der Waals surface area (Å²) >= 11 is 3.39. The average Bonchev–Trinajstić information content (AvgIpc) is 3.32. The van der Waals surface area contributed by atoms with Crippen LogP contribution in [0.4, 0.5) is 11.4 Å². The molecule has 29 heavy (non-hydrogen) atoms. The van der Waals surface area contributed by atoms with Crippen LogP contribution in [0.3, 0.4) is 0 Å². The van der Waals surface area contributed by atoms with Crippen molar-refractivity contribution in [3.05, 3.63) is 68.2 Å². The van der Waals surface area contributed by atoms with Gasteiger partial charge in [-0.3, -0.25) is 19.7 Å². The molecule has 1 heterocycles. The van der Waals surface area contributed by atoms with Crippen molar-refractivity contribution in [2.45, 2.75) is 18.4 Å². The first-order valence-electron chi connectivity index (χ1n) is 9.02. The molecule has 2 aromatic rings. The number of nitrogens with zero attached hydrogens (tertiary/aromatic N) is 1. The van der Waals surface area contributed by atoms with Crippen molar-refractivity contribution >= 4 is 39.2 Å². The molecular formula is C20H17BrN2O6. The maximum atomic E-state index is 13.0. The van der Waals surface area contributed by atoms with E-state index in [2.05, 4.69) is 21.2 Å². The van der Waals surface area contributed by atoms with Gasteiger partial charge in [0, 0.05) is 28.2 Å². The summed E-state index contributed by atoms with van der Waals surface area (Å²) < 4.78 is 5.92. The van der Waals surface area contributed by atoms with Crippen molar-refractivity contribution < 1.29 is 24.4 Å². The standard InChI is InChI=1S/C20H17BrN2O6/c1-2-29-18(25)16-15(17(24)10-3-6-12(7-4-10)23(27)28)20(16)13-9-11(21)5-8-14(13)22-19(20)26/h3-9,15-17,24H,2H2,1H3,(H,22,26)/t15-,16-,17?,20?/m1/s1. The number of aliphatic hydroxyl groups excluding tert-OH is 1. The highest BCUT2D eigenvalue weighted by Crippen LogP contribution is 2.69. The van der Waals surface area contributed by atoms with E-state index in [0.717, 1.165) is 4.47 Å². The number of fused-ring (bicyclic) bond motifs is 2. The average molecular weight is 461 g/mol. The highest BCUT2D eigenvalue weighted by atomic mass is 79.9. The normalized spacial score (nSPS) is 25.3. The minimum Gasteiger partial charge on any atom is -0.466 e. The maximum Gasteiger partial charge on any atom is 0.310 e. The Hall–Kier alpha value is -2.78. The van der Waals surface area contributed by atoms with Gasteiger partial charge in [0.25, 0.3) is 5.69 Å². The lowest BCUT2D eigenvalue weighted by molar-refractivity contribution is -0.384. The summed E-state index contributed by atoms with van der Waals surface area (Å²) in [6.45, 7) is 1.83. The number of anilines is 1. The second-order valence-corrected chi connectivity index (χ2v) is 7.98. The van der Waals surface area contributed by atoms with E-state index < -0.39 is 34.2 Å². The number of hydrogen-bond acceptors (Lipinski definition) is 6. The number of esters is 1. The van der Waals surface area contributed by atoms with E-state index >= 15 is 0 Å². The Kier molecular flexibility index (Phi) is 4.66. The number of nitro groups is 1. The number of carbonyl (C=O) groups excluding carboxylic acids is 2. The van der Waals surface area contributed by atoms with Gasteiger partial charge in [0.05, 0.1) is 29.0 Å². The fourth-order valence-electron chi connectivity index (χ4n) is 4.37. The summed E-state index contributed by atoms with van der Waals surface area (Å²) in [5.74, 6) is -2.53. The zero-order valence-electron chi connectivity index (χ0n) is 15.3. The van der Waals surface area contributed by atoms with Crippen LogP contribution in [0.1, 0.15) is 24.2 Å². The molecule has 0 bridgehead atoms. The van der Waals surface area contributed by atoms with Crippen LogP contribution in [-0.4, -0.2) is 28.5 Å². The lowest BCUT2D eigenvalue weighted by Gasteiger charge is -2.14. The molecule has 4 atom stereocenters. The quantitative estimate of drug-likeness (QED) is 0.401. The first kappa shape index (κ1) is 19.5. The molecule has 8 nitrogen and oxygen atoms in total. The number of amides is 1. The number of nitro benzene ring substituents is 1. The van der Waals surface area contributed by atoms with Gasteiger partial charge in [-0.15, -0.1) is 0 Å². The number of rotatable bonds is 5. The molecule has 0 aromatic heterocycles. The summed E-state index contributed by atoms with van der Waals surface area (Å²) in [4.78, 5) is 36.0. The number of aliphatic hydroxyl groups is 1. The molecule has 9 heteroatoms. The number of nitrogens with one attached hydrogen (secondary N) is 1. The summed E-state index contributed by atoms with van der Waals surface area (Å²) in [5, 5.41) is 24.7. The van der Waals surface area contributed by atoms with Gasteiger partial charge in [-0.05, 0) is 48.4 Å². The predicted octanol–water partition coefficient (Wildman–Crippen LogP) is 3.09. The molecule has 2 unspecified atom stereocenters. The molecule has 2 N–H and O–H groups in total. The molecule has 150 valence electrons. The summed E-state index contributed by atoms with van der Waals surface area (Å²) in [5.41, 5.74) is 0.253. The van der Waals surface area contributed by atoms with E-state index in [1.807, 2.05) is 0 Å². The Labute approximate surface area is 174 Å². The molecule has 2 aromatic carbocycles. The van der Waals surface area contributed by atoms with Gasteiger partial charge in [-0.2, -0.15) is 0 Å². The Morgan fingerprint density at radius 2 is 2.03 bits per heavy atom. The second kappa shape index (κ2) is 6.93. The molecule has 4 rings (SSSR count). The zero-order valence-corrected chi connectivity index (χ0v) is 16.9. The Balaban J connectivity index is 1.77. The summed E-state index contributed by atoms with van der Waals surface area (Å²) in [6.07, 6.45) is -1.18. The fraction of sp³-hybridized carbons (Fsp3) is 0.300. The lowest BCUT2D eigenvalue weighted by atomic mass is 9.90. The minimum atomic E-state index is -1.24. The Morgan fingerprint density at radius 3 is 2.66 bits per heavy atom. The van der Waals surface area contributed by atoms with Crippen molar-refractivity contribution in [2.24, 2.45) is 11.8 Å². The van der Waals surface area contributed by atoms with Gasteiger partial charge in [0.15, 0.2) is 0 Å². The van der Waals surface area contributed by atoms with Gasteiger partial charge in [-0.25, -0.2) is 0 Å². The van der Waals surface area contributed by atoms with Gasteiger partial charge >= 0.3 is 5.97 Å². The number of ether oxygens (including phenoxy) is 1. The number of carbonyl (C=O) groups is 2. The van der Waals surface area contributed by atoms with Crippen LogP contribution < -0.4 is 5.32 Å². The van der Waals surface area contributed by atoms with E-state index in [1.165, 1.54) is 24.3 Å². The van der Waals surface area contributed by atoms with Crippen LogP contribution in [0.2, 0.25) is 0 Å². The highest BCUT2D eigenvalue weighted by molar-refractivity contribution is 9.10. The van der Waals surface area contributed by atoms with Crippen LogP contribution in [0.15, 0.2) is 46.9 Å². The van der Waals surface area contributed by atoms with E-state index in [4.69, 9.17) is 4.74 Å². The summed E-state index contributed by atoms with van der Waals surface area (Å²) in [7, 11) is 0. The summed E-state index contributed by atoms with van der Waals surface area (Å²) in [6, 6.07) is 10.7. The lowest BCUT2D eigenvalue weighted by Crippen LogP contribution is -2.26. The highest BCUT2D eigenvalue weighted by Gasteiger charge is 2.78.